The molecule has 0 N–H and O–H groups in total. The van der Waals surface area contributed by atoms with Gasteiger partial charge in [-0.15, -0.1) is 11.3 Å². The number of hydrogen-bond acceptors (Lipinski definition) is 4. The molecule has 0 aromatic carbocycles. The minimum atomic E-state index is -0.0857. The van der Waals surface area contributed by atoms with Gasteiger partial charge >= 0.3 is 0 Å². The van der Waals surface area contributed by atoms with E-state index in [1.54, 1.807) is 17.7 Å². The molecule has 1 saturated carbocycles. The molecule has 2 aromatic heterocycles. The number of thiophene rings is 1. The Labute approximate surface area is 151 Å². The molecule has 1 amide bonds. The lowest BCUT2D eigenvalue weighted by atomic mass is 9.78. The predicted molar refractivity (Wildman–Crippen MR) is 100 cm³/mol. The van der Waals surface area contributed by atoms with Crippen LogP contribution in [0.4, 0.5) is 0 Å². The van der Waals surface area contributed by atoms with Gasteiger partial charge in [-0.1, -0.05) is 12.8 Å². The number of carbonyl (C=O) groups is 1. The van der Waals surface area contributed by atoms with E-state index in [9.17, 15) is 9.59 Å². The van der Waals surface area contributed by atoms with Gasteiger partial charge in [0.1, 0.15) is 11.4 Å². The van der Waals surface area contributed by atoms with Crippen molar-refractivity contribution in [2.45, 2.75) is 65.0 Å². The van der Waals surface area contributed by atoms with Gasteiger partial charge in [-0.25, -0.2) is 4.98 Å². The Balaban J connectivity index is 1.60. The Kier molecular flexibility index (Phi) is 4.40. The molecule has 134 valence electrons. The first-order valence-corrected chi connectivity index (χ1v) is 10.1. The summed E-state index contributed by atoms with van der Waals surface area (Å²) in [6, 6.07) is 0.382. The maximum atomic E-state index is 12.9. The third kappa shape index (κ3) is 2.90. The van der Waals surface area contributed by atoms with Gasteiger partial charge in [0.25, 0.3) is 5.56 Å². The highest BCUT2D eigenvalue weighted by Crippen LogP contribution is 2.35. The molecule has 1 aliphatic heterocycles. The molecular formula is C19H25N3O2S. The third-order valence-corrected chi connectivity index (χ3v) is 7.14. The average molecular weight is 359 g/mol. The number of piperidine rings is 1. The second-order valence-corrected chi connectivity index (χ2v) is 8.69. The molecule has 0 spiro atoms. The summed E-state index contributed by atoms with van der Waals surface area (Å²) in [6.45, 7) is 4.91. The second-order valence-electron chi connectivity index (χ2n) is 7.48. The van der Waals surface area contributed by atoms with E-state index in [2.05, 4.69) is 9.88 Å². The lowest BCUT2D eigenvalue weighted by molar-refractivity contribution is -0.138. The summed E-state index contributed by atoms with van der Waals surface area (Å²) in [6.07, 6.45) is 8.74. The van der Waals surface area contributed by atoms with Crippen LogP contribution in [-0.4, -0.2) is 32.9 Å². The molecule has 4 rings (SSSR count). The fraction of sp³-hybridized carbons (Fsp3) is 0.632. The van der Waals surface area contributed by atoms with Gasteiger partial charge < -0.3 is 4.90 Å². The van der Waals surface area contributed by atoms with Crippen molar-refractivity contribution < 1.29 is 4.79 Å². The zero-order valence-electron chi connectivity index (χ0n) is 15.0. The molecule has 25 heavy (non-hydrogen) atoms. The van der Waals surface area contributed by atoms with Crippen molar-refractivity contribution >= 4 is 27.5 Å². The van der Waals surface area contributed by atoms with Gasteiger partial charge in [-0.05, 0) is 51.0 Å². The van der Waals surface area contributed by atoms with Gasteiger partial charge in [0.2, 0.25) is 5.91 Å². The van der Waals surface area contributed by atoms with Crippen molar-refractivity contribution in [2.24, 2.45) is 5.92 Å². The molecule has 2 aliphatic rings. The number of aromatic nitrogens is 2. The largest absolute Gasteiger partial charge is 0.338 e. The summed E-state index contributed by atoms with van der Waals surface area (Å²) in [5.74, 6) is 0.731. The van der Waals surface area contributed by atoms with E-state index >= 15 is 0 Å². The van der Waals surface area contributed by atoms with Crippen molar-refractivity contribution in [1.29, 1.82) is 0 Å². The fourth-order valence-electron chi connectivity index (χ4n) is 4.55. The lowest BCUT2D eigenvalue weighted by Crippen LogP contribution is -2.51. The van der Waals surface area contributed by atoms with Crippen LogP contribution >= 0.6 is 11.3 Å². The Morgan fingerprint density at radius 1 is 1.24 bits per heavy atom. The number of fused-ring (bicyclic) bond motifs is 2. The zero-order valence-corrected chi connectivity index (χ0v) is 15.8. The number of hydrogen-bond donors (Lipinski definition) is 0. The first-order valence-electron chi connectivity index (χ1n) is 9.31. The highest BCUT2D eigenvalue weighted by molar-refractivity contribution is 7.18. The molecule has 2 atom stereocenters. The zero-order chi connectivity index (χ0) is 17.6. The van der Waals surface area contributed by atoms with Gasteiger partial charge in [0, 0.05) is 17.5 Å². The highest BCUT2D eigenvalue weighted by Gasteiger charge is 2.35. The van der Waals surface area contributed by atoms with Crippen LogP contribution in [0.5, 0.6) is 0 Å². The van der Waals surface area contributed by atoms with Gasteiger partial charge in [0.15, 0.2) is 0 Å². The van der Waals surface area contributed by atoms with Crippen LogP contribution in [0.15, 0.2) is 11.1 Å². The third-order valence-electron chi connectivity index (χ3n) is 6.02. The normalized spacial score (nSPS) is 23.7. The maximum absolute atomic E-state index is 12.9. The van der Waals surface area contributed by atoms with Crippen molar-refractivity contribution in [3.8, 4) is 0 Å². The standard InChI is InChI=1S/C19H25N3O2S/c1-12-13(2)25-18-17(12)19(24)21(11-20-18)10-16(23)22-9-5-7-14-6-3-4-8-15(14)22/h11,14-15H,3-10H2,1-2H3. The predicted octanol–water partition coefficient (Wildman–Crippen LogP) is 3.26. The van der Waals surface area contributed by atoms with Crippen molar-refractivity contribution in [1.82, 2.24) is 14.5 Å². The molecule has 1 saturated heterocycles. The van der Waals surface area contributed by atoms with Crippen molar-refractivity contribution in [3.05, 3.63) is 27.1 Å². The van der Waals surface area contributed by atoms with Crippen LogP contribution in [0.2, 0.25) is 0 Å². The SMILES string of the molecule is Cc1sc2ncn(CC(=O)N3CCCC4CCCCC43)c(=O)c2c1C. The second kappa shape index (κ2) is 6.56. The lowest BCUT2D eigenvalue weighted by Gasteiger charge is -2.44. The molecule has 3 heterocycles. The van der Waals surface area contributed by atoms with E-state index in [4.69, 9.17) is 0 Å². The van der Waals surface area contributed by atoms with Crippen LogP contribution in [0.1, 0.15) is 49.0 Å². The summed E-state index contributed by atoms with van der Waals surface area (Å²) in [4.78, 5) is 34.1. The van der Waals surface area contributed by atoms with Gasteiger partial charge in [-0.2, -0.15) is 0 Å². The van der Waals surface area contributed by atoms with Crippen LogP contribution in [-0.2, 0) is 11.3 Å². The number of amides is 1. The fourth-order valence-corrected chi connectivity index (χ4v) is 5.54. The van der Waals surface area contributed by atoms with E-state index in [-0.39, 0.29) is 18.0 Å². The Bertz CT molecular complexity index is 867. The monoisotopic (exact) mass is 359 g/mol. The molecule has 0 bridgehead atoms. The molecule has 1 aliphatic carbocycles. The molecule has 2 unspecified atom stereocenters. The molecule has 5 nitrogen and oxygen atoms in total. The van der Waals surface area contributed by atoms with Crippen LogP contribution in [0.25, 0.3) is 10.2 Å². The number of rotatable bonds is 2. The van der Waals surface area contributed by atoms with Crippen LogP contribution in [0.3, 0.4) is 0 Å². The molecule has 2 fully saturated rings. The molecule has 0 radical (unpaired) electrons. The smallest absolute Gasteiger partial charge is 0.262 e. The van der Waals surface area contributed by atoms with Gasteiger partial charge in [-0.3, -0.25) is 14.2 Å². The summed E-state index contributed by atoms with van der Waals surface area (Å²) in [7, 11) is 0. The van der Waals surface area contributed by atoms with Crippen LogP contribution < -0.4 is 5.56 Å². The van der Waals surface area contributed by atoms with Crippen molar-refractivity contribution in [3.63, 3.8) is 0 Å². The van der Waals surface area contributed by atoms with E-state index < -0.39 is 0 Å². The number of carbonyl (C=O) groups excluding carboxylic acids is 1. The minimum Gasteiger partial charge on any atom is -0.338 e. The van der Waals surface area contributed by atoms with E-state index in [1.165, 1.54) is 30.3 Å². The van der Waals surface area contributed by atoms with E-state index in [1.807, 2.05) is 13.8 Å². The van der Waals surface area contributed by atoms with Crippen LogP contribution in [0, 0.1) is 19.8 Å². The Hall–Kier alpha value is -1.69. The van der Waals surface area contributed by atoms with Crippen molar-refractivity contribution in [2.75, 3.05) is 6.54 Å². The minimum absolute atomic E-state index is 0.0736. The average Bonchev–Trinajstić information content (AvgIpc) is 2.92. The summed E-state index contributed by atoms with van der Waals surface area (Å²) in [5.41, 5.74) is 0.905. The summed E-state index contributed by atoms with van der Waals surface area (Å²) < 4.78 is 1.50. The topological polar surface area (TPSA) is 55.2 Å². The Morgan fingerprint density at radius 2 is 2.00 bits per heavy atom. The van der Waals surface area contributed by atoms with E-state index in [0.717, 1.165) is 34.7 Å². The number of nitrogens with zero attached hydrogens (tertiary/aromatic N) is 3. The van der Waals surface area contributed by atoms with E-state index in [0.29, 0.717) is 17.3 Å². The quantitative estimate of drug-likeness (QED) is 0.827. The van der Waals surface area contributed by atoms with Gasteiger partial charge in [0.05, 0.1) is 11.7 Å². The highest BCUT2D eigenvalue weighted by atomic mass is 32.1. The number of aryl methyl sites for hydroxylation is 2. The summed E-state index contributed by atoms with van der Waals surface area (Å²) in [5, 5.41) is 0.673. The molecule has 2 aromatic rings. The maximum Gasteiger partial charge on any atom is 0.262 e. The molecular weight excluding hydrogens is 334 g/mol. The summed E-state index contributed by atoms with van der Waals surface area (Å²) >= 11 is 1.54. The number of likely N-dealkylation sites (tertiary alicyclic amines) is 1. The first kappa shape index (κ1) is 16.8. The first-order chi connectivity index (χ1) is 12.1. The molecule has 6 heteroatoms. The Morgan fingerprint density at radius 3 is 2.84 bits per heavy atom.